The van der Waals surface area contributed by atoms with Crippen molar-refractivity contribution in [1.29, 1.82) is 0 Å². The minimum Gasteiger partial charge on any atom is -0.484 e. The highest BCUT2D eigenvalue weighted by Gasteiger charge is 2.29. The van der Waals surface area contributed by atoms with Crippen molar-refractivity contribution < 1.29 is 17.9 Å². The number of sulfonamides is 1. The molecule has 0 atom stereocenters. The second-order valence-corrected chi connectivity index (χ2v) is 8.41. The number of nitrogens with zero attached hydrogens (tertiary/aromatic N) is 1. The van der Waals surface area contributed by atoms with Gasteiger partial charge in [-0.3, -0.25) is 9.10 Å². The Kier molecular flexibility index (Phi) is 5.18. The summed E-state index contributed by atoms with van der Waals surface area (Å²) in [6.45, 7) is 4.22. The smallest absolute Gasteiger partial charge is 0.262 e. The number of ether oxygens (including phenoxy) is 1. The number of anilines is 2. The van der Waals surface area contributed by atoms with Crippen molar-refractivity contribution >= 4 is 27.3 Å². The molecule has 0 bridgehead atoms. The summed E-state index contributed by atoms with van der Waals surface area (Å²) in [4.78, 5) is 12.1. The lowest BCUT2D eigenvalue weighted by atomic mass is 10.1. The monoisotopic (exact) mass is 374 g/mol. The first-order chi connectivity index (χ1) is 12.3. The Balaban J connectivity index is 1.62. The Morgan fingerprint density at radius 2 is 1.88 bits per heavy atom. The highest BCUT2D eigenvalue weighted by Crippen LogP contribution is 2.29. The molecule has 0 unspecified atom stereocenters. The average molecular weight is 374 g/mol. The minimum atomic E-state index is -3.21. The zero-order valence-electron chi connectivity index (χ0n) is 14.9. The predicted octanol–water partition coefficient (Wildman–Crippen LogP) is 2.86. The quantitative estimate of drug-likeness (QED) is 0.873. The van der Waals surface area contributed by atoms with Gasteiger partial charge in [0.15, 0.2) is 6.61 Å². The average Bonchev–Trinajstić information content (AvgIpc) is 2.94. The number of amides is 1. The Labute approximate surface area is 153 Å². The van der Waals surface area contributed by atoms with Crippen LogP contribution in [0.3, 0.4) is 0 Å². The van der Waals surface area contributed by atoms with Crippen LogP contribution in [0.5, 0.6) is 5.75 Å². The van der Waals surface area contributed by atoms with Crippen molar-refractivity contribution in [3.63, 3.8) is 0 Å². The largest absolute Gasteiger partial charge is 0.484 e. The maximum atomic E-state index is 12.1. The number of benzene rings is 2. The summed E-state index contributed by atoms with van der Waals surface area (Å²) in [6.07, 6.45) is 0.636. The molecule has 138 valence electrons. The molecule has 1 heterocycles. The summed E-state index contributed by atoms with van der Waals surface area (Å²) in [7, 11) is -3.21. The number of rotatable bonds is 5. The molecule has 0 saturated carbocycles. The van der Waals surface area contributed by atoms with Gasteiger partial charge in [0, 0.05) is 12.2 Å². The van der Waals surface area contributed by atoms with Crippen molar-refractivity contribution in [3.8, 4) is 5.75 Å². The van der Waals surface area contributed by atoms with Crippen LogP contribution in [-0.4, -0.2) is 33.2 Å². The summed E-state index contributed by atoms with van der Waals surface area (Å²) in [5, 5.41) is 2.77. The van der Waals surface area contributed by atoms with Gasteiger partial charge in [-0.25, -0.2) is 8.42 Å². The van der Waals surface area contributed by atoms with Gasteiger partial charge in [-0.05, 0) is 56.2 Å². The Hall–Kier alpha value is -2.54. The Morgan fingerprint density at radius 3 is 2.50 bits per heavy atom. The molecule has 1 aliphatic heterocycles. The van der Waals surface area contributed by atoms with Gasteiger partial charge in [0.2, 0.25) is 10.0 Å². The fourth-order valence-electron chi connectivity index (χ4n) is 2.90. The molecular formula is C19H22N2O4S. The molecule has 0 radical (unpaired) electrons. The number of aryl methyl sites for hydroxylation is 2. The first-order valence-electron chi connectivity index (χ1n) is 8.45. The predicted molar refractivity (Wildman–Crippen MR) is 102 cm³/mol. The number of carbonyl (C=O) groups is 1. The van der Waals surface area contributed by atoms with Crippen molar-refractivity contribution in [1.82, 2.24) is 0 Å². The van der Waals surface area contributed by atoms with Crippen molar-refractivity contribution in [2.45, 2.75) is 20.3 Å². The van der Waals surface area contributed by atoms with Gasteiger partial charge in [0.1, 0.15) is 5.75 Å². The van der Waals surface area contributed by atoms with Gasteiger partial charge < -0.3 is 10.1 Å². The summed E-state index contributed by atoms with van der Waals surface area (Å²) in [5.41, 5.74) is 3.20. The third-order valence-electron chi connectivity index (χ3n) is 4.24. The van der Waals surface area contributed by atoms with Crippen LogP contribution >= 0.6 is 0 Å². The van der Waals surface area contributed by atoms with Gasteiger partial charge in [-0.1, -0.05) is 17.7 Å². The molecule has 0 aliphatic carbocycles. The van der Waals surface area contributed by atoms with E-state index in [1.807, 2.05) is 38.1 Å². The van der Waals surface area contributed by atoms with Crippen LogP contribution in [0.1, 0.15) is 17.5 Å². The molecule has 1 amide bonds. The SMILES string of the molecule is Cc1ccc(OCC(=O)Nc2ccc(N3CCCS3(=O)=O)c(C)c2)cc1. The molecule has 0 aromatic heterocycles. The molecule has 6 nitrogen and oxygen atoms in total. The number of carbonyl (C=O) groups excluding carboxylic acids is 1. The second kappa shape index (κ2) is 7.37. The van der Waals surface area contributed by atoms with Crippen molar-refractivity contribution in [3.05, 3.63) is 53.6 Å². The van der Waals surface area contributed by atoms with Crippen LogP contribution in [0.25, 0.3) is 0 Å². The van der Waals surface area contributed by atoms with Crippen molar-refractivity contribution in [2.24, 2.45) is 0 Å². The summed E-state index contributed by atoms with van der Waals surface area (Å²) in [5.74, 6) is 0.546. The van der Waals surface area contributed by atoms with Crippen LogP contribution in [0.4, 0.5) is 11.4 Å². The molecule has 1 N–H and O–H groups in total. The lowest BCUT2D eigenvalue weighted by molar-refractivity contribution is -0.118. The highest BCUT2D eigenvalue weighted by atomic mass is 32.2. The first kappa shape index (κ1) is 18.3. The third kappa shape index (κ3) is 4.16. The molecule has 7 heteroatoms. The van der Waals surface area contributed by atoms with Crippen LogP contribution in [0, 0.1) is 13.8 Å². The fourth-order valence-corrected chi connectivity index (χ4v) is 4.53. The minimum absolute atomic E-state index is 0.0929. The van der Waals surface area contributed by atoms with E-state index in [4.69, 9.17) is 4.74 Å². The van der Waals surface area contributed by atoms with E-state index >= 15 is 0 Å². The molecular weight excluding hydrogens is 352 g/mol. The second-order valence-electron chi connectivity index (χ2n) is 6.39. The standard InChI is InChI=1S/C19H22N2O4S/c1-14-4-7-17(8-5-14)25-13-19(22)20-16-6-9-18(15(2)12-16)21-10-3-11-26(21,23)24/h4-9,12H,3,10-11,13H2,1-2H3,(H,20,22). The molecule has 2 aromatic rings. The van der Waals surface area contributed by atoms with Crippen LogP contribution in [0.2, 0.25) is 0 Å². The zero-order valence-corrected chi connectivity index (χ0v) is 15.7. The molecule has 0 spiro atoms. The normalized spacial score (nSPS) is 15.7. The first-order valence-corrected chi connectivity index (χ1v) is 10.1. The van der Waals surface area contributed by atoms with E-state index in [-0.39, 0.29) is 18.3 Å². The molecule has 26 heavy (non-hydrogen) atoms. The Bertz CT molecular complexity index is 908. The highest BCUT2D eigenvalue weighted by molar-refractivity contribution is 7.93. The molecule has 1 saturated heterocycles. The maximum absolute atomic E-state index is 12.1. The van der Waals surface area contributed by atoms with Gasteiger partial charge >= 0.3 is 0 Å². The fraction of sp³-hybridized carbons (Fsp3) is 0.316. The topological polar surface area (TPSA) is 75.7 Å². The lowest BCUT2D eigenvalue weighted by Crippen LogP contribution is -2.26. The van der Waals surface area contributed by atoms with Gasteiger partial charge in [-0.2, -0.15) is 0 Å². The van der Waals surface area contributed by atoms with E-state index in [1.54, 1.807) is 18.2 Å². The molecule has 2 aromatic carbocycles. The summed E-state index contributed by atoms with van der Waals surface area (Å²) >= 11 is 0. The van der Waals surface area contributed by atoms with Gasteiger partial charge in [-0.15, -0.1) is 0 Å². The van der Waals surface area contributed by atoms with E-state index in [1.165, 1.54) is 4.31 Å². The van der Waals surface area contributed by atoms with Crippen LogP contribution < -0.4 is 14.4 Å². The van der Waals surface area contributed by atoms with Gasteiger partial charge in [0.05, 0.1) is 11.4 Å². The molecule has 3 rings (SSSR count). The number of hydrogen-bond acceptors (Lipinski definition) is 4. The van der Waals surface area contributed by atoms with Crippen LogP contribution in [0.15, 0.2) is 42.5 Å². The van der Waals surface area contributed by atoms with E-state index in [2.05, 4.69) is 5.32 Å². The zero-order chi connectivity index (χ0) is 18.7. The maximum Gasteiger partial charge on any atom is 0.262 e. The molecule has 1 fully saturated rings. The summed E-state index contributed by atoms with van der Waals surface area (Å²) < 4.78 is 31.0. The van der Waals surface area contributed by atoms with E-state index in [0.717, 1.165) is 11.1 Å². The van der Waals surface area contributed by atoms with E-state index < -0.39 is 10.0 Å². The third-order valence-corrected chi connectivity index (χ3v) is 6.09. The number of hydrogen-bond donors (Lipinski definition) is 1. The van der Waals surface area contributed by atoms with Gasteiger partial charge in [0.25, 0.3) is 5.91 Å². The Morgan fingerprint density at radius 1 is 1.15 bits per heavy atom. The lowest BCUT2D eigenvalue weighted by Gasteiger charge is -2.20. The van der Waals surface area contributed by atoms with Crippen molar-refractivity contribution in [2.75, 3.05) is 28.5 Å². The summed E-state index contributed by atoms with van der Waals surface area (Å²) in [6, 6.07) is 12.7. The van der Waals surface area contributed by atoms with E-state index in [0.29, 0.717) is 30.1 Å². The number of nitrogens with one attached hydrogen (secondary N) is 1. The van der Waals surface area contributed by atoms with Crippen LogP contribution in [-0.2, 0) is 14.8 Å². The molecule has 1 aliphatic rings. The van der Waals surface area contributed by atoms with E-state index in [9.17, 15) is 13.2 Å².